The summed E-state index contributed by atoms with van der Waals surface area (Å²) < 4.78 is 15.1. The second-order valence-electron chi connectivity index (χ2n) is 6.50. The van der Waals surface area contributed by atoms with E-state index in [-0.39, 0.29) is 24.2 Å². The Labute approximate surface area is 162 Å². The molecule has 2 N–H and O–H groups in total. The van der Waals surface area contributed by atoms with Crippen LogP contribution in [0.3, 0.4) is 0 Å². The molecule has 28 heavy (non-hydrogen) atoms. The third-order valence-corrected chi connectivity index (χ3v) is 4.32. The second kappa shape index (κ2) is 8.47. The molecule has 144 valence electrons. The molecule has 0 aliphatic rings. The zero-order chi connectivity index (χ0) is 20.1. The number of aryl methyl sites for hydroxylation is 2. The average molecular weight is 380 g/mol. The van der Waals surface area contributed by atoms with E-state index in [1.54, 1.807) is 47.3 Å². The number of carbonyl (C=O) groups is 2. The molecule has 0 aliphatic carbocycles. The predicted molar refractivity (Wildman–Crippen MR) is 103 cm³/mol. The lowest BCUT2D eigenvalue weighted by Crippen LogP contribution is -2.39. The van der Waals surface area contributed by atoms with Crippen LogP contribution < -0.4 is 10.6 Å². The number of halogens is 1. The number of imidazole rings is 1. The molecule has 0 saturated carbocycles. The molecule has 0 aliphatic heterocycles. The molecule has 3 rings (SSSR count). The lowest BCUT2D eigenvalue weighted by Gasteiger charge is -2.19. The van der Waals surface area contributed by atoms with Gasteiger partial charge >= 0.3 is 0 Å². The van der Waals surface area contributed by atoms with Gasteiger partial charge in [-0.3, -0.25) is 9.59 Å². The number of aromatic nitrogens is 2. The summed E-state index contributed by atoms with van der Waals surface area (Å²) in [5.74, 6) is -0.462. The molecule has 2 amide bonds. The lowest BCUT2D eigenvalue weighted by atomic mass is 10.1. The van der Waals surface area contributed by atoms with Crippen molar-refractivity contribution in [2.75, 3.05) is 6.54 Å². The van der Waals surface area contributed by atoms with Gasteiger partial charge in [-0.05, 0) is 36.8 Å². The van der Waals surface area contributed by atoms with E-state index in [0.717, 1.165) is 5.56 Å². The van der Waals surface area contributed by atoms with Gasteiger partial charge in [0, 0.05) is 25.0 Å². The van der Waals surface area contributed by atoms with Crippen LogP contribution in [0, 0.1) is 12.7 Å². The highest BCUT2D eigenvalue weighted by molar-refractivity contribution is 5.96. The third-order valence-electron chi connectivity index (χ3n) is 4.32. The summed E-state index contributed by atoms with van der Waals surface area (Å²) in [7, 11) is 1.81. The summed E-state index contributed by atoms with van der Waals surface area (Å²) in [6.45, 7) is 1.71. The van der Waals surface area contributed by atoms with E-state index in [2.05, 4.69) is 15.6 Å². The molecule has 1 atom stereocenters. The number of carbonyl (C=O) groups excluding carboxylic acids is 2. The first kappa shape index (κ1) is 19.3. The Balaban J connectivity index is 1.70. The molecule has 0 radical (unpaired) electrons. The number of nitrogens with zero attached hydrogens (tertiary/aromatic N) is 2. The minimum absolute atomic E-state index is 0.186. The average Bonchev–Trinajstić information content (AvgIpc) is 3.10. The van der Waals surface area contributed by atoms with Crippen LogP contribution in [0.25, 0.3) is 0 Å². The van der Waals surface area contributed by atoms with Crippen molar-refractivity contribution in [3.05, 3.63) is 89.3 Å². The fourth-order valence-electron chi connectivity index (χ4n) is 2.87. The van der Waals surface area contributed by atoms with Crippen molar-refractivity contribution in [2.24, 2.45) is 7.05 Å². The van der Waals surface area contributed by atoms with Gasteiger partial charge in [-0.25, -0.2) is 9.37 Å². The quantitative estimate of drug-likeness (QED) is 0.690. The Morgan fingerprint density at radius 1 is 1.18 bits per heavy atom. The van der Waals surface area contributed by atoms with Gasteiger partial charge in [0.05, 0.1) is 6.54 Å². The molecular weight excluding hydrogens is 359 g/mol. The molecule has 3 aromatic rings. The van der Waals surface area contributed by atoms with Crippen LogP contribution >= 0.6 is 0 Å². The van der Waals surface area contributed by atoms with Crippen LogP contribution in [-0.2, 0) is 11.8 Å². The molecule has 1 aromatic heterocycles. The predicted octanol–water partition coefficient (Wildman–Crippen LogP) is 2.50. The number of benzene rings is 2. The number of hydrogen-bond donors (Lipinski definition) is 2. The van der Waals surface area contributed by atoms with Crippen molar-refractivity contribution in [3.63, 3.8) is 0 Å². The standard InChI is InChI=1S/C21H21FN4O2/c1-14-4-3-5-16(12-14)21(28)24-13-18(27)25-19(20-23-10-11-26(20)2)15-6-8-17(22)9-7-15/h3-12,19H,13H2,1-2H3,(H,24,28)(H,25,27). The minimum Gasteiger partial charge on any atom is -0.343 e. The molecule has 1 unspecified atom stereocenters. The molecule has 0 saturated heterocycles. The summed E-state index contributed by atoms with van der Waals surface area (Å²) in [6.07, 6.45) is 3.38. The highest BCUT2D eigenvalue weighted by Gasteiger charge is 2.21. The van der Waals surface area contributed by atoms with Crippen molar-refractivity contribution in [3.8, 4) is 0 Å². The van der Waals surface area contributed by atoms with Gasteiger partial charge in [-0.2, -0.15) is 0 Å². The zero-order valence-electron chi connectivity index (χ0n) is 15.6. The van der Waals surface area contributed by atoms with Crippen molar-refractivity contribution in [1.29, 1.82) is 0 Å². The number of rotatable bonds is 6. The number of hydrogen-bond acceptors (Lipinski definition) is 3. The van der Waals surface area contributed by atoms with Crippen molar-refractivity contribution >= 4 is 11.8 Å². The maximum Gasteiger partial charge on any atom is 0.251 e. The molecule has 0 bridgehead atoms. The van der Waals surface area contributed by atoms with Crippen LogP contribution in [0.1, 0.15) is 33.4 Å². The first-order valence-corrected chi connectivity index (χ1v) is 8.81. The minimum atomic E-state index is -0.566. The first-order valence-electron chi connectivity index (χ1n) is 8.81. The normalized spacial score (nSPS) is 11.7. The smallest absolute Gasteiger partial charge is 0.251 e. The van der Waals surface area contributed by atoms with Gasteiger partial charge in [-0.1, -0.05) is 29.8 Å². The summed E-state index contributed by atoms with van der Waals surface area (Å²) in [4.78, 5) is 29.0. The van der Waals surface area contributed by atoms with Gasteiger partial charge in [0.25, 0.3) is 5.91 Å². The fraction of sp³-hybridized carbons (Fsp3) is 0.190. The van der Waals surface area contributed by atoms with Gasteiger partial charge in [0.15, 0.2) is 0 Å². The Hall–Kier alpha value is -3.48. The van der Waals surface area contributed by atoms with E-state index in [0.29, 0.717) is 17.0 Å². The number of amides is 2. The monoisotopic (exact) mass is 380 g/mol. The zero-order valence-corrected chi connectivity index (χ0v) is 15.6. The van der Waals surface area contributed by atoms with Crippen LogP contribution in [-0.4, -0.2) is 27.9 Å². The first-order chi connectivity index (χ1) is 13.4. The number of nitrogens with one attached hydrogen (secondary N) is 2. The van der Waals surface area contributed by atoms with Crippen molar-refractivity contribution < 1.29 is 14.0 Å². The largest absolute Gasteiger partial charge is 0.343 e. The molecule has 2 aromatic carbocycles. The molecule has 0 fully saturated rings. The molecular formula is C21H21FN4O2. The summed E-state index contributed by atoms with van der Waals surface area (Å²) >= 11 is 0. The molecule has 6 nitrogen and oxygen atoms in total. The van der Waals surface area contributed by atoms with E-state index >= 15 is 0 Å². The second-order valence-corrected chi connectivity index (χ2v) is 6.50. The van der Waals surface area contributed by atoms with E-state index in [9.17, 15) is 14.0 Å². The molecule has 0 spiro atoms. The van der Waals surface area contributed by atoms with Crippen LogP contribution in [0.5, 0.6) is 0 Å². The Morgan fingerprint density at radius 2 is 1.93 bits per heavy atom. The topological polar surface area (TPSA) is 76.0 Å². The molecule has 1 heterocycles. The van der Waals surface area contributed by atoms with Crippen LogP contribution in [0.4, 0.5) is 4.39 Å². The Kier molecular flexibility index (Phi) is 5.84. The maximum absolute atomic E-state index is 13.3. The van der Waals surface area contributed by atoms with Gasteiger partial charge in [-0.15, -0.1) is 0 Å². The van der Waals surface area contributed by atoms with Gasteiger partial charge in [0.2, 0.25) is 5.91 Å². The van der Waals surface area contributed by atoms with Gasteiger partial charge in [0.1, 0.15) is 17.7 Å². The lowest BCUT2D eigenvalue weighted by molar-refractivity contribution is -0.120. The summed E-state index contributed by atoms with van der Waals surface area (Å²) in [6, 6.07) is 12.4. The third kappa shape index (κ3) is 4.62. The maximum atomic E-state index is 13.3. The highest BCUT2D eigenvalue weighted by Crippen LogP contribution is 2.20. The van der Waals surface area contributed by atoms with Gasteiger partial charge < -0.3 is 15.2 Å². The van der Waals surface area contributed by atoms with E-state index in [1.165, 1.54) is 12.1 Å². The van der Waals surface area contributed by atoms with E-state index < -0.39 is 6.04 Å². The fourth-order valence-corrected chi connectivity index (χ4v) is 2.87. The summed E-state index contributed by atoms with van der Waals surface area (Å²) in [5.41, 5.74) is 2.14. The van der Waals surface area contributed by atoms with Crippen molar-refractivity contribution in [2.45, 2.75) is 13.0 Å². The van der Waals surface area contributed by atoms with Crippen LogP contribution in [0.15, 0.2) is 60.9 Å². The van der Waals surface area contributed by atoms with Crippen LogP contribution in [0.2, 0.25) is 0 Å². The van der Waals surface area contributed by atoms with E-state index in [4.69, 9.17) is 0 Å². The Bertz CT molecular complexity index is 982. The summed E-state index contributed by atoms with van der Waals surface area (Å²) in [5, 5.41) is 5.47. The SMILES string of the molecule is Cc1cccc(C(=O)NCC(=O)NC(c2ccc(F)cc2)c2nccn2C)c1. The highest BCUT2D eigenvalue weighted by atomic mass is 19.1. The Morgan fingerprint density at radius 3 is 2.57 bits per heavy atom. The van der Waals surface area contributed by atoms with E-state index in [1.807, 2.05) is 20.0 Å². The van der Waals surface area contributed by atoms with Crippen molar-refractivity contribution in [1.82, 2.24) is 20.2 Å². The molecule has 7 heteroatoms.